The third-order valence-electron chi connectivity index (χ3n) is 4.82. The van der Waals surface area contributed by atoms with Gasteiger partial charge < -0.3 is 18.0 Å². The maximum Gasteiger partial charge on any atom is 0.705 e. The van der Waals surface area contributed by atoms with E-state index in [-0.39, 0.29) is 12.1 Å². The minimum Gasteiger partial charge on any atom is -0.455 e. The minimum atomic E-state index is -3.76. The molecule has 0 unspecified atom stereocenters. The summed E-state index contributed by atoms with van der Waals surface area (Å²) in [4.78, 5) is 34.3. The number of benzene rings is 1. The first-order chi connectivity index (χ1) is 13.8. The molecule has 0 radical (unpaired) electrons. The fraction of sp³-hybridized carbons (Fsp3) is 0.571. The summed E-state index contributed by atoms with van der Waals surface area (Å²) in [6, 6.07) is 10.7. The van der Waals surface area contributed by atoms with E-state index in [2.05, 4.69) is 24.3 Å². The molecule has 1 aliphatic rings. The molecule has 1 aromatic carbocycles. The molecule has 1 aliphatic carbocycles. The number of hydrogen-bond acceptors (Lipinski definition) is 7. The van der Waals surface area contributed by atoms with Crippen LogP contribution in [0.15, 0.2) is 30.3 Å². The first kappa shape index (κ1) is 23.1. The topological polar surface area (TPSA) is 88.1 Å². The van der Waals surface area contributed by atoms with Gasteiger partial charge in [0.25, 0.3) is 17.9 Å². The predicted molar refractivity (Wildman–Crippen MR) is 108 cm³/mol. The third kappa shape index (κ3) is 7.98. The number of carbonyl (C=O) groups excluding carboxylic acids is 3. The lowest BCUT2D eigenvalue weighted by Gasteiger charge is -2.29. The van der Waals surface area contributed by atoms with E-state index in [1.165, 1.54) is 26.3 Å². The van der Waals surface area contributed by atoms with Crippen LogP contribution in [0.25, 0.3) is 0 Å². The van der Waals surface area contributed by atoms with Crippen LogP contribution in [0.1, 0.15) is 64.4 Å². The molecule has 0 atom stereocenters. The summed E-state index contributed by atoms with van der Waals surface area (Å²) >= 11 is 0. The Morgan fingerprint density at radius 2 is 1.38 bits per heavy atom. The van der Waals surface area contributed by atoms with E-state index >= 15 is 0 Å². The van der Waals surface area contributed by atoms with E-state index < -0.39 is 26.7 Å². The van der Waals surface area contributed by atoms with Gasteiger partial charge in [0.1, 0.15) is 0 Å². The highest BCUT2D eigenvalue weighted by molar-refractivity contribution is 6.65. The molecule has 0 aliphatic heterocycles. The quantitative estimate of drug-likeness (QED) is 0.442. The van der Waals surface area contributed by atoms with Gasteiger partial charge in [-0.25, -0.2) is 0 Å². The van der Waals surface area contributed by atoms with Crippen molar-refractivity contribution < 1.29 is 32.4 Å². The van der Waals surface area contributed by atoms with Gasteiger partial charge in [-0.3, -0.25) is 14.4 Å². The van der Waals surface area contributed by atoms with Crippen molar-refractivity contribution in [1.29, 1.82) is 0 Å². The smallest absolute Gasteiger partial charge is 0.455 e. The minimum absolute atomic E-state index is 0.144. The Morgan fingerprint density at radius 1 is 0.862 bits per heavy atom. The highest BCUT2D eigenvalue weighted by atomic mass is 28.4. The summed E-state index contributed by atoms with van der Waals surface area (Å²) in [6.07, 6.45) is 4.78. The van der Waals surface area contributed by atoms with Crippen LogP contribution in [-0.4, -0.2) is 39.4 Å². The van der Waals surface area contributed by atoms with Crippen LogP contribution in [0.2, 0.25) is 6.04 Å². The maximum absolute atomic E-state index is 11.4. The van der Waals surface area contributed by atoms with Gasteiger partial charge in [0.05, 0.1) is 12.1 Å². The van der Waals surface area contributed by atoms with Crippen molar-refractivity contribution in [3.05, 3.63) is 35.9 Å². The Labute approximate surface area is 173 Å². The van der Waals surface area contributed by atoms with Crippen molar-refractivity contribution in [1.82, 2.24) is 0 Å². The molecule has 1 fully saturated rings. The molecule has 29 heavy (non-hydrogen) atoms. The van der Waals surface area contributed by atoms with Crippen LogP contribution in [0.4, 0.5) is 0 Å². The zero-order chi connectivity index (χ0) is 21.3. The van der Waals surface area contributed by atoms with Crippen LogP contribution >= 0.6 is 0 Å². The molecule has 7 nitrogen and oxygen atoms in total. The van der Waals surface area contributed by atoms with E-state index in [1.54, 1.807) is 0 Å². The lowest BCUT2D eigenvalue weighted by Crippen LogP contribution is -2.49. The maximum atomic E-state index is 11.4. The molecule has 0 saturated heterocycles. The first-order valence-electron chi connectivity index (χ1n) is 10.0. The van der Waals surface area contributed by atoms with Crippen molar-refractivity contribution in [3.63, 3.8) is 0 Å². The van der Waals surface area contributed by atoms with Crippen LogP contribution in [0, 0.1) is 0 Å². The Balaban J connectivity index is 1.81. The summed E-state index contributed by atoms with van der Waals surface area (Å²) in [6.45, 7) is 3.99. The zero-order valence-electron chi connectivity index (χ0n) is 17.3. The lowest BCUT2D eigenvalue weighted by atomic mass is 9.83. The molecule has 1 saturated carbocycles. The normalized spacial score (nSPS) is 19.3. The number of carbonyl (C=O) groups is 3. The number of ether oxygens (including phenoxy) is 1. The molecule has 0 amide bonds. The Hall–Kier alpha value is -2.19. The van der Waals surface area contributed by atoms with Crippen molar-refractivity contribution in [3.8, 4) is 0 Å². The second-order valence-electron chi connectivity index (χ2n) is 7.32. The molecule has 0 N–H and O–H groups in total. The largest absolute Gasteiger partial charge is 0.705 e. The fourth-order valence-corrected chi connectivity index (χ4v) is 6.02. The van der Waals surface area contributed by atoms with E-state index in [4.69, 9.17) is 18.0 Å². The molecule has 0 bridgehead atoms. The summed E-state index contributed by atoms with van der Waals surface area (Å²) < 4.78 is 21.5. The standard InChI is InChI=1S/C21H30O7Si/c1-16(22)26-29(27-17(2)23,28-18(3)24)15-7-14-25-21-12-10-20(11-13-21)19-8-5-4-6-9-19/h4-6,8-9,20-21H,7,10-15H2,1-3H3. The van der Waals surface area contributed by atoms with Crippen molar-refractivity contribution in [2.75, 3.05) is 6.61 Å². The molecule has 0 heterocycles. The van der Waals surface area contributed by atoms with Gasteiger partial charge in [-0.2, -0.15) is 0 Å². The van der Waals surface area contributed by atoms with Crippen LogP contribution in [0.5, 0.6) is 0 Å². The molecule has 0 spiro atoms. The molecule has 8 heteroatoms. The second kappa shape index (κ2) is 11.1. The van der Waals surface area contributed by atoms with Crippen LogP contribution in [-0.2, 0) is 32.4 Å². The lowest BCUT2D eigenvalue weighted by molar-refractivity contribution is -0.147. The van der Waals surface area contributed by atoms with E-state index in [1.807, 2.05) is 6.07 Å². The highest BCUT2D eigenvalue weighted by Gasteiger charge is 2.51. The van der Waals surface area contributed by atoms with Crippen molar-refractivity contribution in [2.24, 2.45) is 0 Å². The highest BCUT2D eigenvalue weighted by Crippen LogP contribution is 2.34. The van der Waals surface area contributed by atoms with E-state index in [0.29, 0.717) is 18.9 Å². The number of hydrogen-bond donors (Lipinski definition) is 0. The third-order valence-corrected chi connectivity index (χ3v) is 7.59. The first-order valence-corrected chi connectivity index (χ1v) is 12.0. The van der Waals surface area contributed by atoms with Crippen LogP contribution < -0.4 is 0 Å². The SMILES string of the molecule is CC(=O)O[Si](CCCOC1CCC(c2ccccc2)CC1)(OC(C)=O)OC(C)=O. The van der Waals surface area contributed by atoms with Gasteiger partial charge in [-0.1, -0.05) is 30.3 Å². The fourth-order valence-electron chi connectivity index (χ4n) is 3.70. The Morgan fingerprint density at radius 3 is 1.86 bits per heavy atom. The molecular formula is C21H30O7Si. The Bertz CT molecular complexity index is 643. The van der Waals surface area contributed by atoms with Gasteiger partial charge in [0, 0.05) is 27.4 Å². The molecule has 160 valence electrons. The second-order valence-corrected chi connectivity index (χ2v) is 9.80. The molecule has 0 aromatic heterocycles. The van der Waals surface area contributed by atoms with Crippen molar-refractivity contribution >= 4 is 26.7 Å². The average Bonchev–Trinajstić information content (AvgIpc) is 2.65. The monoisotopic (exact) mass is 422 g/mol. The summed E-state index contributed by atoms with van der Waals surface area (Å²) in [7, 11) is -3.76. The van der Waals surface area contributed by atoms with Gasteiger partial charge in [-0.05, 0) is 43.6 Å². The molecule has 2 rings (SSSR count). The van der Waals surface area contributed by atoms with Gasteiger partial charge in [0.15, 0.2) is 0 Å². The van der Waals surface area contributed by atoms with Gasteiger partial charge in [0.2, 0.25) is 0 Å². The summed E-state index contributed by atoms with van der Waals surface area (Å²) in [5.41, 5.74) is 1.38. The molecular weight excluding hydrogens is 392 g/mol. The predicted octanol–water partition coefficient (Wildman–Crippen LogP) is 3.75. The zero-order valence-corrected chi connectivity index (χ0v) is 18.3. The van der Waals surface area contributed by atoms with Gasteiger partial charge >= 0.3 is 8.80 Å². The molecule has 1 aromatic rings. The van der Waals surface area contributed by atoms with E-state index in [9.17, 15) is 14.4 Å². The van der Waals surface area contributed by atoms with E-state index in [0.717, 1.165) is 25.7 Å². The van der Waals surface area contributed by atoms with Gasteiger partial charge in [-0.15, -0.1) is 0 Å². The summed E-state index contributed by atoms with van der Waals surface area (Å²) in [5, 5.41) is 0. The average molecular weight is 423 g/mol. The Kier molecular flexibility index (Phi) is 8.85. The summed E-state index contributed by atoms with van der Waals surface area (Å²) in [5.74, 6) is -1.38. The van der Waals surface area contributed by atoms with Crippen molar-refractivity contribution in [2.45, 2.75) is 70.9 Å². The number of rotatable bonds is 9. The van der Waals surface area contributed by atoms with Crippen LogP contribution in [0.3, 0.4) is 0 Å².